The van der Waals surface area contributed by atoms with E-state index in [2.05, 4.69) is 25.0 Å². The molecule has 0 bridgehead atoms. The monoisotopic (exact) mass is 551 g/mol. The fraction of sp³-hybridized carbons (Fsp3) is 0.250. The SMILES string of the molecule is C/C=C(/C(F)=c1/c(-c2nc3c(-c4cccc(F)c4)cncc3[nH]2)nn(C)/c1=C/C)c1cncc(CN2CCCC2)c1. The van der Waals surface area contributed by atoms with Crippen molar-refractivity contribution in [1.82, 2.24) is 34.6 Å². The van der Waals surface area contributed by atoms with Crippen LogP contribution in [-0.4, -0.2) is 47.7 Å². The third-order valence-corrected chi connectivity index (χ3v) is 7.57. The molecule has 7 nitrogen and oxygen atoms in total. The van der Waals surface area contributed by atoms with Crippen LogP contribution >= 0.6 is 0 Å². The number of aromatic nitrogens is 6. The van der Waals surface area contributed by atoms with E-state index in [-0.39, 0.29) is 5.82 Å². The molecule has 1 fully saturated rings. The molecule has 0 spiro atoms. The van der Waals surface area contributed by atoms with Gasteiger partial charge < -0.3 is 4.98 Å². The van der Waals surface area contributed by atoms with Gasteiger partial charge in [-0.3, -0.25) is 19.5 Å². The van der Waals surface area contributed by atoms with E-state index in [1.807, 2.05) is 38.3 Å². The Hall–Kier alpha value is -4.50. The van der Waals surface area contributed by atoms with Gasteiger partial charge in [-0.1, -0.05) is 24.3 Å². The molecule has 0 radical (unpaired) electrons. The Kier molecular flexibility index (Phi) is 7.28. The Bertz CT molecular complexity index is 1890. The molecule has 208 valence electrons. The van der Waals surface area contributed by atoms with Crippen LogP contribution in [0, 0.1) is 5.82 Å². The lowest BCUT2D eigenvalue weighted by Gasteiger charge is -2.15. The highest BCUT2D eigenvalue weighted by molar-refractivity contribution is 5.96. The number of aromatic amines is 1. The van der Waals surface area contributed by atoms with Crippen molar-refractivity contribution >= 4 is 28.5 Å². The third-order valence-electron chi connectivity index (χ3n) is 7.57. The van der Waals surface area contributed by atoms with Gasteiger partial charge in [-0.2, -0.15) is 5.10 Å². The lowest BCUT2D eigenvalue weighted by Crippen LogP contribution is -2.30. The number of allylic oxidation sites excluding steroid dienone is 2. The molecule has 1 aliphatic rings. The van der Waals surface area contributed by atoms with E-state index in [0.29, 0.717) is 55.4 Å². The molecule has 0 amide bonds. The molecule has 5 aromatic rings. The highest BCUT2D eigenvalue weighted by Gasteiger charge is 2.20. The quantitative estimate of drug-likeness (QED) is 0.317. The summed E-state index contributed by atoms with van der Waals surface area (Å²) in [6, 6.07) is 8.31. The topological polar surface area (TPSA) is 75.5 Å². The number of H-pyrrole nitrogens is 1. The molecule has 0 aliphatic carbocycles. The van der Waals surface area contributed by atoms with Crippen molar-refractivity contribution in [3.05, 3.63) is 88.7 Å². The van der Waals surface area contributed by atoms with Gasteiger partial charge in [-0.25, -0.2) is 13.8 Å². The van der Waals surface area contributed by atoms with Crippen molar-refractivity contribution in [2.75, 3.05) is 13.1 Å². The first-order chi connectivity index (χ1) is 20.0. The molecule has 0 unspecified atom stereocenters. The molecule has 5 heterocycles. The fourth-order valence-corrected chi connectivity index (χ4v) is 5.64. The smallest absolute Gasteiger partial charge is 0.159 e. The molecule has 0 saturated carbocycles. The molecule has 9 heteroatoms. The second-order valence-electron chi connectivity index (χ2n) is 10.3. The van der Waals surface area contributed by atoms with Crippen molar-refractivity contribution in [3.8, 4) is 22.6 Å². The Morgan fingerprint density at radius 1 is 1.05 bits per heavy atom. The zero-order chi connectivity index (χ0) is 28.5. The normalized spacial score (nSPS) is 15.7. The van der Waals surface area contributed by atoms with Gasteiger partial charge in [0.15, 0.2) is 5.82 Å². The molecular formula is C32H31F2N7. The maximum Gasteiger partial charge on any atom is 0.159 e. The predicted molar refractivity (Wildman–Crippen MR) is 158 cm³/mol. The van der Waals surface area contributed by atoms with Gasteiger partial charge in [0.1, 0.15) is 17.3 Å². The summed E-state index contributed by atoms with van der Waals surface area (Å²) in [6.07, 6.45) is 12.9. The predicted octanol–water partition coefficient (Wildman–Crippen LogP) is 5.14. The van der Waals surface area contributed by atoms with Gasteiger partial charge in [0.25, 0.3) is 0 Å². The highest BCUT2D eigenvalue weighted by atomic mass is 19.1. The first-order valence-corrected chi connectivity index (χ1v) is 13.8. The third kappa shape index (κ3) is 5.09. The van der Waals surface area contributed by atoms with Crippen LogP contribution in [0.4, 0.5) is 8.78 Å². The molecule has 1 N–H and O–H groups in total. The minimum absolute atomic E-state index is 0.340. The molecule has 1 aliphatic heterocycles. The van der Waals surface area contributed by atoms with Gasteiger partial charge >= 0.3 is 0 Å². The van der Waals surface area contributed by atoms with Crippen molar-refractivity contribution in [2.24, 2.45) is 7.05 Å². The van der Waals surface area contributed by atoms with Crippen LogP contribution in [-0.2, 0) is 13.6 Å². The molecule has 0 atom stereocenters. The van der Waals surface area contributed by atoms with Crippen molar-refractivity contribution in [1.29, 1.82) is 0 Å². The number of rotatable bonds is 6. The van der Waals surface area contributed by atoms with Gasteiger partial charge in [-0.15, -0.1) is 0 Å². The zero-order valence-electron chi connectivity index (χ0n) is 23.3. The number of likely N-dealkylation sites (tertiary alicyclic amines) is 1. The van der Waals surface area contributed by atoms with Crippen molar-refractivity contribution in [2.45, 2.75) is 33.2 Å². The van der Waals surface area contributed by atoms with E-state index >= 15 is 4.39 Å². The average Bonchev–Trinajstić information content (AvgIpc) is 3.72. The summed E-state index contributed by atoms with van der Waals surface area (Å²) in [6.45, 7) is 6.63. The van der Waals surface area contributed by atoms with Crippen LogP contribution in [0.1, 0.15) is 37.8 Å². The standard InChI is InChI=1S/C32H31F2N7/c1-4-24(22-13-20(15-35-16-22)19-41-11-6-7-12-41)29(34)28-27(5-2)40(3)39-31(28)32-37-26-18-36-17-25(30(26)38-32)21-9-8-10-23(33)14-21/h4-5,8-10,13-18H,6-7,11-12,19H2,1-3H3,(H,37,38)/b24-4+,27-5+,29-28-. The van der Waals surface area contributed by atoms with Crippen LogP contribution in [0.15, 0.2) is 61.2 Å². The summed E-state index contributed by atoms with van der Waals surface area (Å²) in [4.78, 5) is 19.3. The van der Waals surface area contributed by atoms with Crippen LogP contribution in [0.3, 0.4) is 0 Å². The maximum absolute atomic E-state index is 16.7. The van der Waals surface area contributed by atoms with E-state index in [9.17, 15) is 4.39 Å². The number of halogens is 2. The molecule has 1 saturated heterocycles. The lowest BCUT2D eigenvalue weighted by atomic mass is 10.0. The first kappa shape index (κ1) is 26.7. The van der Waals surface area contributed by atoms with Gasteiger partial charge in [0.05, 0.1) is 27.8 Å². The molecule has 1 aromatic carbocycles. The number of imidazole rings is 1. The second kappa shape index (κ2) is 11.2. The largest absolute Gasteiger partial charge is 0.335 e. The Morgan fingerprint density at radius 2 is 1.85 bits per heavy atom. The molecule has 6 rings (SSSR count). The summed E-state index contributed by atoms with van der Waals surface area (Å²) < 4.78 is 32.4. The van der Waals surface area contributed by atoms with Crippen LogP contribution < -0.4 is 10.6 Å². The van der Waals surface area contributed by atoms with Gasteiger partial charge in [0, 0.05) is 48.9 Å². The van der Waals surface area contributed by atoms with Crippen LogP contribution in [0.5, 0.6) is 0 Å². The van der Waals surface area contributed by atoms with Crippen molar-refractivity contribution in [3.63, 3.8) is 0 Å². The second-order valence-corrected chi connectivity index (χ2v) is 10.3. The fourth-order valence-electron chi connectivity index (χ4n) is 5.64. The molecule has 4 aromatic heterocycles. The maximum atomic E-state index is 16.7. The number of nitrogens with zero attached hydrogens (tertiary/aromatic N) is 6. The van der Waals surface area contributed by atoms with E-state index < -0.39 is 5.83 Å². The first-order valence-electron chi connectivity index (χ1n) is 13.8. The van der Waals surface area contributed by atoms with Crippen LogP contribution in [0.25, 0.3) is 51.2 Å². The number of benzene rings is 1. The van der Waals surface area contributed by atoms with Gasteiger partial charge in [-0.05, 0) is 69.1 Å². The number of nitrogens with one attached hydrogen (secondary N) is 1. The number of aryl methyl sites for hydroxylation is 1. The van der Waals surface area contributed by atoms with E-state index in [0.717, 1.165) is 25.2 Å². The number of pyridine rings is 2. The Morgan fingerprint density at radius 3 is 2.61 bits per heavy atom. The highest BCUT2D eigenvalue weighted by Crippen LogP contribution is 2.29. The minimum atomic E-state index is -0.409. The average molecular weight is 552 g/mol. The summed E-state index contributed by atoms with van der Waals surface area (Å²) in [5.74, 6) is -0.358. The zero-order valence-corrected chi connectivity index (χ0v) is 23.3. The lowest BCUT2D eigenvalue weighted by molar-refractivity contribution is 0.331. The van der Waals surface area contributed by atoms with E-state index in [1.54, 1.807) is 42.5 Å². The van der Waals surface area contributed by atoms with Crippen LogP contribution in [0.2, 0.25) is 0 Å². The number of fused-ring (bicyclic) bond motifs is 1. The number of hydrogen-bond donors (Lipinski definition) is 1. The van der Waals surface area contributed by atoms with Gasteiger partial charge in [0.2, 0.25) is 0 Å². The molecule has 41 heavy (non-hydrogen) atoms. The van der Waals surface area contributed by atoms with E-state index in [4.69, 9.17) is 4.98 Å². The summed E-state index contributed by atoms with van der Waals surface area (Å²) in [5.41, 5.74) is 5.15. The molecular weight excluding hydrogens is 520 g/mol. The Labute approximate surface area is 236 Å². The Balaban J connectivity index is 1.49. The summed E-state index contributed by atoms with van der Waals surface area (Å²) in [7, 11) is 1.78. The summed E-state index contributed by atoms with van der Waals surface area (Å²) >= 11 is 0. The minimum Gasteiger partial charge on any atom is -0.335 e. The van der Waals surface area contributed by atoms with E-state index in [1.165, 1.54) is 25.0 Å². The summed E-state index contributed by atoms with van der Waals surface area (Å²) in [5, 5.41) is 5.65. The number of hydrogen-bond acceptors (Lipinski definition) is 5. The van der Waals surface area contributed by atoms with Crippen molar-refractivity contribution < 1.29 is 8.78 Å².